The SMILES string of the molecule is OCCCc1cn(-c2ccc(Cl)cc2Cl)nn1. The first-order chi connectivity index (χ1) is 8.20. The Morgan fingerprint density at radius 3 is 2.82 bits per heavy atom. The minimum atomic E-state index is 0.147. The molecule has 17 heavy (non-hydrogen) atoms. The lowest BCUT2D eigenvalue weighted by Gasteiger charge is -2.02. The maximum Gasteiger partial charge on any atom is 0.0850 e. The van der Waals surface area contributed by atoms with Gasteiger partial charge in [-0.15, -0.1) is 5.10 Å². The zero-order valence-corrected chi connectivity index (χ0v) is 10.5. The van der Waals surface area contributed by atoms with Gasteiger partial charge in [0.2, 0.25) is 0 Å². The molecule has 1 heterocycles. The first-order valence-corrected chi connectivity index (χ1v) is 5.94. The summed E-state index contributed by atoms with van der Waals surface area (Å²) >= 11 is 11.9. The smallest absolute Gasteiger partial charge is 0.0850 e. The first-order valence-electron chi connectivity index (χ1n) is 5.18. The fourth-order valence-electron chi connectivity index (χ4n) is 1.46. The highest BCUT2D eigenvalue weighted by Crippen LogP contribution is 2.23. The third-order valence-corrected chi connectivity index (χ3v) is 2.83. The summed E-state index contributed by atoms with van der Waals surface area (Å²) in [5, 5.41) is 17.8. The van der Waals surface area contributed by atoms with Crippen LogP contribution < -0.4 is 0 Å². The Hall–Kier alpha value is -1.10. The summed E-state index contributed by atoms with van der Waals surface area (Å²) in [6.45, 7) is 0.147. The van der Waals surface area contributed by atoms with Crippen molar-refractivity contribution in [2.24, 2.45) is 0 Å². The van der Waals surface area contributed by atoms with Gasteiger partial charge in [0.15, 0.2) is 0 Å². The molecule has 0 radical (unpaired) electrons. The van der Waals surface area contributed by atoms with Crippen LogP contribution in [0.3, 0.4) is 0 Å². The van der Waals surface area contributed by atoms with Crippen LogP contribution >= 0.6 is 23.2 Å². The van der Waals surface area contributed by atoms with E-state index in [9.17, 15) is 0 Å². The molecule has 0 bridgehead atoms. The molecule has 0 atom stereocenters. The van der Waals surface area contributed by atoms with E-state index in [4.69, 9.17) is 28.3 Å². The summed E-state index contributed by atoms with van der Waals surface area (Å²) in [4.78, 5) is 0. The number of aliphatic hydroxyl groups excluding tert-OH is 1. The van der Waals surface area contributed by atoms with Crippen LogP contribution in [0.25, 0.3) is 5.69 Å². The molecule has 90 valence electrons. The average Bonchev–Trinajstić information content (AvgIpc) is 2.75. The molecule has 0 aliphatic carbocycles. The number of hydrogen-bond acceptors (Lipinski definition) is 3. The highest BCUT2D eigenvalue weighted by atomic mass is 35.5. The number of aryl methyl sites for hydroxylation is 1. The lowest BCUT2D eigenvalue weighted by Crippen LogP contribution is -1.95. The number of rotatable bonds is 4. The lowest BCUT2D eigenvalue weighted by molar-refractivity contribution is 0.288. The van der Waals surface area contributed by atoms with Crippen molar-refractivity contribution < 1.29 is 5.11 Å². The van der Waals surface area contributed by atoms with Crippen LogP contribution in [0.15, 0.2) is 24.4 Å². The summed E-state index contributed by atoms with van der Waals surface area (Å²) in [5.74, 6) is 0. The second kappa shape index (κ2) is 5.49. The number of aliphatic hydroxyl groups is 1. The zero-order chi connectivity index (χ0) is 12.3. The van der Waals surface area contributed by atoms with E-state index < -0.39 is 0 Å². The van der Waals surface area contributed by atoms with Gasteiger partial charge in [0.1, 0.15) is 0 Å². The summed E-state index contributed by atoms with van der Waals surface area (Å²) in [6.07, 6.45) is 3.17. The van der Waals surface area contributed by atoms with Crippen LogP contribution in [0.2, 0.25) is 10.0 Å². The predicted octanol–water partition coefficient (Wildman–Crippen LogP) is 2.50. The molecule has 2 rings (SSSR count). The predicted molar refractivity (Wildman–Crippen MR) is 66.8 cm³/mol. The molecule has 0 saturated carbocycles. The van der Waals surface area contributed by atoms with Crippen LogP contribution in [-0.2, 0) is 6.42 Å². The number of benzene rings is 1. The van der Waals surface area contributed by atoms with E-state index in [2.05, 4.69) is 10.3 Å². The molecule has 4 nitrogen and oxygen atoms in total. The standard InChI is InChI=1S/C11H11Cl2N3O/c12-8-3-4-11(10(13)6-8)16-7-9(14-15-16)2-1-5-17/h3-4,6-7,17H,1-2,5H2. The van der Waals surface area contributed by atoms with Crippen molar-refractivity contribution in [3.63, 3.8) is 0 Å². The van der Waals surface area contributed by atoms with Gasteiger partial charge >= 0.3 is 0 Å². The number of hydrogen-bond donors (Lipinski definition) is 1. The number of halogens is 2. The molecule has 0 amide bonds. The summed E-state index contributed by atoms with van der Waals surface area (Å²) in [6, 6.07) is 5.19. The molecule has 1 aromatic carbocycles. The quantitative estimate of drug-likeness (QED) is 0.930. The molecule has 1 N–H and O–H groups in total. The van der Waals surface area contributed by atoms with Gasteiger partial charge in [-0.25, -0.2) is 4.68 Å². The Kier molecular flexibility index (Phi) is 3.99. The van der Waals surface area contributed by atoms with E-state index in [0.29, 0.717) is 22.9 Å². The number of nitrogens with zero attached hydrogens (tertiary/aromatic N) is 3. The Morgan fingerprint density at radius 1 is 1.29 bits per heavy atom. The number of aromatic nitrogens is 3. The van der Waals surface area contributed by atoms with Gasteiger partial charge in [-0.2, -0.15) is 0 Å². The molecule has 6 heteroatoms. The topological polar surface area (TPSA) is 50.9 Å². The summed E-state index contributed by atoms with van der Waals surface area (Å²) < 4.78 is 1.60. The van der Waals surface area contributed by atoms with Gasteiger partial charge in [0.25, 0.3) is 0 Å². The van der Waals surface area contributed by atoms with Crippen molar-refractivity contribution in [1.29, 1.82) is 0 Å². The van der Waals surface area contributed by atoms with Crippen LogP contribution in [0, 0.1) is 0 Å². The zero-order valence-electron chi connectivity index (χ0n) is 8.98. The monoisotopic (exact) mass is 271 g/mol. The Morgan fingerprint density at radius 2 is 2.12 bits per heavy atom. The third kappa shape index (κ3) is 2.97. The van der Waals surface area contributed by atoms with E-state index in [-0.39, 0.29) is 6.61 Å². The maximum absolute atomic E-state index is 8.74. The van der Waals surface area contributed by atoms with Crippen molar-refractivity contribution in [3.05, 3.63) is 40.1 Å². The molecular formula is C11H11Cl2N3O. The van der Waals surface area contributed by atoms with Crippen LogP contribution in [0.5, 0.6) is 0 Å². The first kappa shape index (κ1) is 12.4. The minimum Gasteiger partial charge on any atom is -0.396 e. The van der Waals surface area contributed by atoms with Gasteiger partial charge < -0.3 is 5.11 Å². The van der Waals surface area contributed by atoms with E-state index in [1.54, 1.807) is 29.1 Å². The fourth-order valence-corrected chi connectivity index (χ4v) is 1.95. The summed E-state index contributed by atoms with van der Waals surface area (Å²) in [7, 11) is 0. The van der Waals surface area contributed by atoms with E-state index >= 15 is 0 Å². The highest BCUT2D eigenvalue weighted by Gasteiger charge is 2.06. The highest BCUT2D eigenvalue weighted by molar-refractivity contribution is 6.35. The normalized spacial score (nSPS) is 10.8. The molecule has 0 aliphatic rings. The van der Waals surface area contributed by atoms with Gasteiger partial charge in [-0.3, -0.25) is 0 Å². The Bertz CT molecular complexity index is 513. The molecule has 0 unspecified atom stereocenters. The lowest BCUT2D eigenvalue weighted by atomic mass is 10.2. The molecule has 2 aromatic rings. The van der Waals surface area contributed by atoms with Crippen molar-refractivity contribution in [1.82, 2.24) is 15.0 Å². The van der Waals surface area contributed by atoms with Gasteiger partial charge in [-0.1, -0.05) is 28.4 Å². The van der Waals surface area contributed by atoms with Crippen LogP contribution in [0.4, 0.5) is 0 Å². The van der Waals surface area contributed by atoms with Crippen molar-refractivity contribution in [3.8, 4) is 5.69 Å². The Balaban J connectivity index is 2.24. The van der Waals surface area contributed by atoms with Gasteiger partial charge in [-0.05, 0) is 31.0 Å². The van der Waals surface area contributed by atoms with Gasteiger partial charge in [0, 0.05) is 11.6 Å². The second-order valence-corrected chi connectivity index (χ2v) is 4.42. The Labute approximate surface area is 109 Å². The molecule has 0 fully saturated rings. The maximum atomic E-state index is 8.74. The third-order valence-electron chi connectivity index (χ3n) is 2.29. The fraction of sp³-hybridized carbons (Fsp3) is 0.273. The molecule has 0 saturated heterocycles. The van der Waals surface area contributed by atoms with E-state index in [1.165, 1.54) is 0 Å². The van der Waals surface area contributed by atoms with Gasteiger partial charge in [0.05, 0.1) is 22.6 Å². The van der Waals surface area contributed by atoms with Crippen LogP contribution in [0.1, 0.15) is 12.1 Å². The average molecular weight is 272 g/mol. The van der Waals surface area contributed by atoms with Crippen LogP contribution in [-0.4, -0.2) is 26.7 Å². The van der Waals surface area contributed by atoms with E-state index in [1.807, 2.05) is 0 Å². The molecule has 0 aliphatic heterocycles. The summed E-state index contributed by atoms with van der Waals surface area (Å²) in [5.41, 5.74) is 1.56. The van der Waals surface area contributed by atoms with Crippen molar-refractivity contribution in [2.75, 3.05) is 6.61 Å². The van der Waals surface area contributed by atoms with Crippen molar-refractivity contribution in [2.45, 2.75) is 12.8 Å². The van der Waals surface area contributed by atoms with E-state index in [0.717, 1.165) is 11.4 Å². The van der Waals surface area contributed by atoms with Crippen molar-refractivity contribution >= 4 is 23.2 Å². The largest absolute Gasteiger partial charge is 0.396 e. The second-order valence-electron chi connectivity index (χ2n) is 3.58. The molecular weight excluding hydrogens is 261 g/mol. The molecule has 1 aromatic heterocycles. The molecule has 0 spiro atoms. The minimum absolute atomic E-state index is 0.147.